The predicted octanol–water partition coefficient (Wildman–Crippen LogP) is 1.72. The number of hydrogen-bond acceptors (Lipinski definition) is 3. The van der Waals surface area contributed by atoms with E-state index in [1.165, 1.54) is 19.2 Å². The van der Waals surface area contributed by atoms with Gasteiger partial charge in [-0.05, 0) is 18.6 Å². The molecule has 0 aliphatic carbocycles. The molecule has 2 amide bonds. The van der Waals surface area contributed by atoms with Crippen LogP contribution in [-0.2, 0) is 16.1 Å². The Balaban J connectivity index is 2.03. The summed E-state index contributed by atoms with van der Waals surface area (Å²) in [6, 6.07) is 3.97. The van der Waals surface area contributed by atoms with Crippen molar-refractivity contribution < 1.29 is 14.0 Å². The smallest absolute Gasteiger partial charge is 0.246 e. The molecule has 1 aliphatic heterocycles. The van der Waals surface area contributed by atoms with Crippen LogP contribution in [0.4, 0.5) is 4.39 Å². The molecule has 1 unspecified atom stereocenters. The number of benzene rings is 1. The molecule has 1 N–H and O–H groups in total. The number of amides is 2. The van der Waals surface area contributed by atoms with Crippen LogP contribution in [-0.4, -0.2) is 29.8 Å². The second-order valence-corrected chi connectivity index (χ2v) is 4.87. The van der Waals surface area contributed by atoms with E-state index in [4.69, 9.17) is 11.6 Å². The Kier molecular flexibility index (Phi) is 4.17. The third-order valence-electron chi connectivity index (χ3n) is 3.24. The van der Waals surface area contributed by atoms with Crippen molar-refractivity contribution in [2.24, 2.45) is 0 Å². The van der Waals surface area contributed by atoms with Crippen LogP contribution in [0.25, 0.3) is 0 Å². The minimum absolute atomic E-state index is 0.157. The Morgan fingerprint density at radius 1 is 1.47 bits per heavy atom. The lowest BCUT2D eigenvalue weighted by atomic mass is 10.0. The maximum atomic E-state index is 13.6. The summed E-state index contributed by atoms with van der Waals surface area (Å²) in [4.78, 5) is 24.3. The highest BCUT2D eigenvalue weighted by molar-refractivity contribution is 6.31. The number of halogens is 2. The van der Waals surface area contributed by atoms with Crippen LogP contribution >= 0.6 is 11.6 Å². The summed E-state index contributed by atoms with van der Waals surface area (Å²) in [5.74, 6) is -0.886. The van der Waals surface area contributed by atoms with Crippen molar-refractivity contribution in [2.45, 2.75) is 25.4 Å². The quantitative estimate of drug-likeness (QED) is 0.860. The number of piperidine rings is 1. The van der Waals surface area contributed by atoms with E-state index in [9.17, 15) is 14.0 Å². The predicted molar refractivity (Wildman–Crippen MR) is 69.0 cm³/mol. The molecule has 0 radical (unpaired) electrons. The number of carbonyl (C=O) groups is 2. The second-order valence-electron chi connectivity index (χ2n) is 4.46. The Morgan fingerprint density at radius 3 is 2.89 bits per heavy atom. The van der Waals surface area contributed by atoms with Gasteiger partial charge in [0.05, 0.1) is 6.04 Å². The first-order chi connectivity index (χ1) is 9.00. The number of nitrogens with one attached hydrogen (secondary N) is 1. The molecule has 19 heavy (non-hydrogen) atoms. The van der Waals surface area contributed by atoms with Gasteiger partial charge in [-0.3, -0.25) is 14.5 Å². The van der Waals surface area contributed by atoms with Gasteiger partial charge in [0.15, 0.2) is 0 Å². The second kappa shape index (κ2) is 5.67. The lowest BCUT2D eigenvalue weighted by Gasteiger charge is -2.28. The van der Waals surface area contributed by atoms with Gasteiger partial charge in [0.25, 0.3) is 0 Å². The fraction of sp³-hybridized carbons (Fsp3) is 0.385. The van der Waals surface area contributed by atoms with Crippen LogP contribution in [0.1, 0.15) is 18.4 Å². The maximum absolute atomic E-state index is 13.6. The summed E-state index contributed by atoms with van der Waals surface area (Å²) in [5, 5.41) is 3.27. The maximum Gasteiger partial charge on any atom is 0.246 e. The standard InChI is InChI=1S/C13H14ClFN2O2/c1-17-12(18)6-5-11(13(17)19)16-7-8-9(14)3-2-4-10(8)15/h2-4,11,16H,5-7H2,1H3. The summed E-state index contributed by atoms with van der Waals surface area (Å²) in [6.45, 7) is 0.157. The van der Waals surface area contributed by atoms with Gasteiger partial charge >= 0.3 is 0 Å². The van der Waals surface area contributed by atoms with Crippen molar-refractivity contribution in [3.8, 4) is 0 Å². The van der Waals surface area contributed by atoms with Gasteiger partial charge in [-0.15, -0.1) is 0 Å². The molecule has 1 aromatic rings. The molecule has 0 bridgehead atoms. The molecule has 1 atom stereocenters. The highest BCUT2D eigenvalue weighted by Crippen LogP contribution is 2.19. The number of likely N-dealkylation sites (N-methyl/N-ethyl adjacent to an activating group) is 1. The normalized spacial score (nSPS) is 19.9. The van der Waals surface area contributed by atoms with Crippen LogP contribution < -0.4 is 5.32 Å². The molecule has 1 aromatic carbocycles. The van der Waals surface area contributed by atoms with Crippen molar-refractivity contribution >= 4 is 23.4 Å². The van der Waals surface area contributed by atoms with E-state index in [0.717, 1.165) is 4.90 Å². The number of imide groups is 1. The van der Waals surface area contributed by atoms with Crippen molar-refractivity contribution in [2.75, 3.05) is 7.05 Å². The molecule has 2 rings (SSSR count). The van der Waals surface area contributed by atoms with Gasteiger partial charge in [-0.1, -0.05) is 17.7 Å². The molecule has 1 saturated heterocycles. The van der Waals surface area contributed by atoms with E-state index >= 15 is 0 Å². The Morgan fingerprint density at radius 2 is 2.21 bits per heavy atom. The zero-order valence-corrected chi connectivity index (χ0v) is 11.2. The molecule has 1 aliphatic rings. The average Bonchev–Trinajstić information content (AvgIpc) is 2.38. The van der Waals surface area contributed by atoms with E-state index in [0.29, 0.717) is 23.4 Å². The van der Waals surface area contributed by atoms with Crippen molar-refractivity contribution in [3.63, 3.8) is 0 Å². The highest BCUT2D eigenvalue weighted by atomic mass is 35.5. The van der Waals surface area contributed by atoms with Crippen LogP contribution in [0.2, 0.25) is 5.02 Å². The lowest BCUT2D eigenvalue weighted by Crippen LogP contribution is -2.51. The van der Waals surface area contributed by atoms with Crippen molar-refractivity contribution in [3.05, 3.63) is 34.6 Å². The van der Waals surface area contributed by atoms with Gasteiger partial charge in [0, 0.05) is 30.6 Å². The van der Waals surface area contributed by atoms with Crippen molar-refractivity contribution in [1.29, 1.82) is 0 Å². The molecule has 1 heterocycles. The minimum atomic E-state index is -0.474. The summed E-state index contributed by atoms with van der Waals surface area (Å²) in [6.07, 6.45) is 0.735. The number of hydrogen-bond donors (Lipinski definition) is 1. The summed E-state index contributed by atoms with van der Waals surface area (Å²) < 4.78 is 13.6. The zero-order valence-electron chi connectivity index (χ0n) is 10.5. The van der Waals surface area contributed by atoms with Gasteiger partial charge < -0.3 is 5.32 Å². The van der Waals surface area contributed by atoms with Crippen molar-refractivity contribution in [1.82, 2.24) is 10.2 Å². The van der Waals surface area contributed by atoms with Crippen LogP contribution in [0.15, 0.2) is 18.2 Å². The van der Waals surface area contributed by atoms with Crippen LogP contribution in [0.5, 0.6) is 0 Å². The van der Waals surface area contributed by atoms with Gasteiger partial charge in [0.1, 0.15) is 5.82 Å². The van der Waals surface area contributed by atoms with E-state index in [2.05, 4.69) is 5.32 Å². The molecular formula is C13H14ClFN2O2. The number of nitrogens with zero attached hydrogens (tertiary/aromatic N) is 1. The number of rotatable bonds is 3. The number of carbonyl (C=O) groups excluding carboxylic acids is 2. The topological polar surface area (TPSA) is 49.4 Å². The Bertz CT molecular complexity index is 501. The Labute approximate surface area is 115 Å². The molecule has 102 valence electrons. The molecule has 4 nitrogen and oxygen atoms in total. The monoisotopic (exact) mass is 284 g/mol. The molecule has 1 fully saturated rings. The average molecular weight is 285 g/mol. The first-order valence-corrected chi connectivity index (χ1v) is 6.35. The molecule has 0 aromatic heterocycles. The van der Waals surface area contributed by atoms with E-state index in [1.807, 2.05) is 0 Å². The molecule has 6 heteroatoms. The van der Waals surface area contributed by atoms with E-state index < -0.39 is 11.9 Å². The Hall–Kier alpha value is -1.46. The summed E-state index contributed by atoms with van der Waals surface area (Å²) in [7, 11) is 1.45. The van der Waals surface area contributed by atoms with E-state index in [-0.39, 0.29) is 18.4 Å². The fourth-order valence-corrected chi connectivity index (χ4v) is 2.26. The van der Waals surface area contributed by atoms with Crippen LogP contribution in [0, 0.1) is 5.82 Å². The highest BCUT2D eigenvalue weighted by Gasteiger charge is 2.31. The lowest BCUT2D eigenvalue weighted by molar-refractivity contribution is -0.148. The molecular weight excluding hydrogens is 271 g/mol. The van der Waals surface area contributed by atoms with Gasteiger partial charge in [-0.2, -0.15) is 0 Å². The number of likely N-dealkylation sites (tertiary alicyclic amines) is 1. The fourth-order valence-electron chi connectivity index (χ4n) is 2.03. The third-order valence-corrected chi connectivity index (χ3v) is 3.59. The molecule has 0 saturated carbocycles. The first-order valence-electron chi connectivity index (χ1n) is 5.97. The minimum Gasteiger partial charge on any atom is -0.302 e. The SMILES string of the molecule is CN1C(=O)CCC(NCc2c(F)cccc2Cl)C1=O. The van der Waals surface area contributed by atoms with E-state index in [1.54, 1.807) is 6.07 Å². The first kappa shape index (κ1) is 14.0. The largest absolute Gasteiger partial charge is 0.302 e. The third kappa shape index (κ3) is 2.93. The zero-order chi connectivity index (χ0) is 14.0. The van der Waals surface area contributed by atoms with Gasteiger partial charge in [-0.25, -0.2) is 4.39 Å². The van der Waals surface area contributed by atoms with Crippen LogP contribution in [0.3, 0.4) is 0 Å². The summed E-state index contributed by atoms with van der Waals surface area (Å²) in [5.41, 5.74) is 0.330. The summed E-state index contributed by atoms with van der Waals surface area (Å²) >= 11 is 5.91. The van der Waals surface area contributed by atoms with Gasteiger partial charge in [0.2, 0.25) is 11.8 Å². The molecule has 0 spiro atoms.